The molecule has 14 heteroatoms. The van der Waals surface area contributed by atoms with E-state index in [1.165, 1.54) is 17.0 Å². The summed E-state index contributed by atoms with van der Waals surface area (Å²) in [6, 6.07) is 6.09. The molecule has 0 aliphatic carbocycles. The van der Waals surface area contributed by atoms with Crippen LogP contribution in [-0.2, 0) is 28.9 Å². The number of nitro groups is 1. The summed E-state index contributed by atoms with van der Waals surface area (Å²) in [6.45, 7) is -0.551. The molecular formula is C20H17ClF3N5O5. The lowest BCUT2D eigenvalue weighted by molar-refractivity contribution is -0.385. The SMILES string of the molecule is O=C(CN(Cc1ccco1)C(=O)CCn1cc([N+](=O)[O-])cn1)Nc1ccc(Cl)c(C(F)(F)F)c1. The highest BCUT2D eigenvalue weighted by Gasteiger charge is 2.33. The monoisotopic (exact) mass is 499 g/mol. The molecule has 0 aliphatic rings. The van der Waals surface area contributed by atoms with E-state index < -0.39 is 40.0 Å². The summed E-state index contributed by atoms with van der Waals surface area (Å²) in [4.78, 5) is 36.6. The van der Waals surface area contributed by atoms with Crippen LogP contribution in [-0.4, -0.2) is 38.0 Å². The fourth-order valence-electron chi connectivity index (χ4n) is 2.95. The van der Waals surface area contributed by atoms with Gasteiger partial charge in [0.15, 0.2) is 0 Å². The van der Waals surface area contributed by atoms with Gasteiger partial charge in [-0.3, -0.25) is 24.4 Å². The summed E-state index contributed by atoms with van der Waals surface area (Å²) in [5, 5.41) is 16.4. The number of rotatable bonds is 9. The van der Waals surface area contributed by atoms with E-state index in [0.717, 1.165) is 23.4 Å². The Hall–Kier alpha value is -3.87. The number of aryl methyl sites for hydroxylation is 1. The molecule has 34 heavy (non-hydrogen) atoms. The molecule has 1 N–H and O–H groups in total. The van der Waals surface area contributed by atoms with Crippen molar-refractivity contribution < 1.29 is 32.1 Å². The van der Waals surface area contributed by atoms with Crippen LogP contribution in [0.2, 0.25) is 5.02 Å². The van der Waals surface area contributed by atoms with Crippen LogP contribution < -0.4 is 5.32 Å². The Morgan fingerprint density at radius 2 is 2.06 bits per heavy atom. The third-order valence-corrected chi connectivity index (χ3v) is 4.88. The zero-order chi connectivity index (χ0) is 24.9. The molecule has 0 atom stereocenters. The van der Waals surface area contributed by atoms with E-state index in [1.54, 1.807) is 12.1 Å². The van der Waals surface area contributed by atoms with E-state index in [9.17, 15) is 32.9 Å². The molecule has 2 heterocycles. The van der Waals surface area contributed by atoms with Crippen LogP contribution in [0.1, 0.15) is 17.7 Å². The number of anilines is 1. The third kappa shape index (κ3) is 6.57. The molecule has 3 aromatic rings. The van der Waals surface area contributed by atoms with Gasteiger partial charge in [0.1, 0.15) is 24.7 Å². The summed E-state index contributed by atoms with van der Waals surface area (Å²) in [5.74, 6) is -0.872. The summed E-state index contributed by atoms with van der Waals surface area (Å²) in [5.41, 5.74) is -1.49. The molecule has 0 radical (unpaired) electrons. The molecule has 0 aliphatic heterocycles. The summed E-state index contributed by atoms with van der Waals surface area (Å²) < 4.78 is 45.6. The maximum atomic E-state index is 13.1. The van der Waals surface area contributed by atoms with Crippen molar-refractivity contribution in [2.75, 3.05) is 11.9 Å². The Morgan fingerprint density at radius 3 is 2.68 bits per heavy atom. The van der Waals surface area contributed by atoms with Crippen molar-refractivity contribution in [1.82, 2.24) is 14.7 Å². The molecule has 0 spiro atoms. The molecule has 0 saturated heterocycles. The predicted molar refractivity (Wildman–Crippen MR) is 113 cm³/mol. The lowest BCUT2D eigenvalue weighted by atomic mass is 10.2. The van der Waals surface area contributed by atoms with Gasteiger partial charge in [-0.1, -0.05) is 11.6 Å². The number of carbonyl (C=O) groups excluding carboxylic acids is 2. The van der Waals surface area contributed by atoms with E-state index in [1.807, 2.05) is 0 Å². The number of alkyl halides is 3. The van der Waals surface area contributed by atoms with Crippen molar-refractivity contribution in [3.8, 4) is 0 Å². The Kier molecular flexibility index (Phi) is 7.56. The highest BCUT2D eigenvalue weighted by molar-refractivity contribution is 6.31. The molecule has 0 unspecified atom stereocenters. The van der Waals surface area contributed by atoms with Crippen LogP contribution in [0.4, 0.5) is 24.5 Å². The van der Waals surface area contributed by atoms with Gasteiger partial charge in [0, 0.05) is 18.7 Å². The number of amides is 2. The van der Waals surface area contributed by atoms with Crippen molar-refractivity contribution in [1.29, 1.82) is 0 Å². The van der Waals surface area contributed by atoms with Crippen LogP contribution in [0.15, 0.2) is 53.4 Å². The minimum absolute atomic E-state index is 0.00900. The number of benzene rings is 1. The first-order valence-electron chi connectivity index (χ1n) is 9.66. The van der Waals surface area contributed by atoms with Gasteiger partial charge >= 0.3 is 11.9 Å². The van der Waals surface area contributed by atoms with Gasteiger partial charge in [-0.25, -0.2) is 0 Å². The van der Waals surface area contributed by atoms with Gasteiger partial charge in [-0.2, -0.15) is 18.3 Å². The first-order chi connectivity index (χ1) is 16.0. The maximum absolute atomic E-state index is 13.1. The highest BCUT2D eigenvalue weighted by Crippen LogP contribution is 2.36. The van der Waals surface area contributed by atoms with Crippen LogP contribution in [0, 0.1) is 10.1 Å². The number of furan rings is 1. The normalized spacial score (nSPS) is 11.3. The van der Waals surface area contributed by atoms with Gasteiger partial charge < -0.3 is 14.6 Å². The zero-order valence-corrected chi connectivity index (χ0v) is 18.0. The number of aromatic nitrogens is 2. The maximum Gasteiger partial charge on any atom is 0.417 e. The second-order valence-corrected chi connectivity index (χ2v) is 7.45. The second-order valence-electron chi connectivity index (χ2n) is 7.04. The summed E-state index contributed by atoms with van der Waals surface area (Å²) in [7, 11) is 0. The Labute approximate surface area is 195 Å². The van der Waals surface area contributed by atoms with Crippen LogP contribution >= 0.6 is 11.6 Å². The smallest absolute Gasteiger partial charge is 0.417 e. The minimum Gasteiger partial charge on any atom is -0.467 e. The van der Waals surface area contributed by atoms with Gasteiger partial charge in [0.05, 0.1) is 28.3 Å². The lowest BCUT2D eigenvalue weighted by Gasteiger charge is -2.21. The van der Waals surface area contributed by atoms with Crippen molar-refractivity contribution in [3.05, 3.63) is 75.4 Å². The van der Waals surface area contributed by atoms with Crippen molar-refractivity contribution in [2.24, 2.45) is 0 Å². The van der Waals surface area contributed by atoms with E-state index in [2.05, 4.69) is 10.4 Å². The second kappa shape index (κ2) is 10.4. The number of carbonyl (C=O) groups is 2. The number of nitrogens with zero attached hydrogens (tertiary/aromatic N) is 4. The van der Waals surface area contributed by atoms with Crippen LogP contribution in [0.5, 0.6) is 0 Å². The molecule has 0 saturated carbocycles. The third-order valence-electron chi connectivity index (χ3n) is 4.55. The molecule has 2 amide bonds. The van der Waals surface area contributed by atoms with Crippen molar-refractivity contribution in [2.45, 2.75) is 25.7 Å². The standard InChI is InChI=1S/C20H17ClF3N5O5/c21-17-4-3-13(8-16(17)20(22,23)24)26-18(30)12-27(11-15-2-1-7-34-15)19(31)5-6-28-10-14(9-25-28)29(32)33/h1-4,7-10H,5-6,11-12H2,(H,26,30). The van der Waals surface area contributed by atoms with Gasteiger partial charge in [-0.15, -0.1) is 0 Å². The Balaban J connectivity index is 1.68. The fraction of sp³-hybridized carbons (Fsp3) is 0.250. The number of nitrogens with one attached hydrogen (secondary N) is 1. The molecule has 180 valence electrons. The summed E-state index contributed by atoms with van der Waals surface area (Å²) in [6.07, 6.45) is -1.27. The van der Waals surface area contributed by atoms with Gasteiger partial charge in [0.2, 0.25) is 11.8 Å². The molecule has 1 aromatic carbocycles. The topological polar surface area (TPSA) is 124 Å². The molecule has 10 nitrogen and oxygen atoms in total. The molecule has 2 aromatic heterocycles. The van der Waals surface area contributed by atoms with Crippen LogP contribution in [0.3, 0.4) is 0 Å². The van der Waals surface area contributed by atoms with E-state index in [4.69, 9.17) is 16.0 Å². The molecular weight excluding hydrogens is 483 g/mol. The average Bonchev–Trinajstić information content (AvgIpc) is 3.44. The van der Waals surface area contributed by atoms with Crippen molar-refractivity contribution in [3.63, 3.8) is 0 Å². The predicted octanol–water partition coefficient (Wildman–Crippen LogP) is 4.11. The van der Waals surface area contributed by atoms with E-state index in [0.29, 0.717) is 11.8 Å². The first-order valence-corrected chi connectivity index (χ1v) is 10.0. The molecule has 0 fully saturated rings. The Morgan fingerprint density at radius 1 is 1.29 bits per heavy atom. The highest BCUT2D eigenvalue weighted by atomic mass is 35.5. The minimum atomic E-state index is -4.71. The molecule has 0 bridgehead atoms. The zero-order valence-electron chi connectivity index (χ0n) is 17.3. The number of halogens is 4. The first kappa shape index (κ1) is 24.8. The van der Waals surface area contributed by atoms with Crippen molar-refractivity contribution >= 4 is 34.8 Å². The fourth-order valence-corrected chi connectivity index (χ4v) is 3.18. The van der Waals surface area contributed by atoms with Gasteiger partial charge in [-0.05, 0) is 30.3 Å². The average molecular weight is 500 g/mol. The largest absolute Gasteiger partial charge is 0.467 e. The molecule has 3 rings (SSSR count). The summed E-state index contributed by atoms with van der Waals surface area (Å²) >= 11 is 5.59. The van der Waals surface area contributed by atoms with Gasteiger partial charge in [0.25, 0.3) is 0 Å². The number of hydrogen-bond donors (Lipinski definition) is 1. The van der Waals surface area contributed by atoms with E-state index in [-0.39, 0.29) is 30.9 Å². The number of hydrogen-bond acceptors (Lipinski definition) is 6. The van der Waals surface area contributed by atoms with E-state index >= 15 is 0 Å². The Bertz CT molecular complexity index is 1180. The lowest BCUT2D eigenvalue weighted by Crippen LogP contribution is -2.38. The van der Waals surface area contributed by atoms with Crippen LogP contribution in [0.25, 0.3) is 0 Å². The quantitative estimate of drug-likeness (QED) is 0.349.